The number of rotatable bonds is 6. The molecule has 8 nitrogen and oxygen atoms in total. The standard InChI is InChI=1S/C20H19N3O5/c24-18(9-8-17-21-19(22-28-17)16-7-4-10-27-16)23-11-14(15(12-23)20(25)26)13-5-2-1-3-6-13/h1-7,10,14-15H,8-9,11-12H2,(H,25,26). The number of hydrogen-bond acceptors (Lipinski definition) is 6. The molecule has 0 saturated carbocycles. The molecule has 8 heteroatoms. The zero-order chi connectivity index (χ0) is 19.5. The van der Waals surface area contributed by atoms with E-state index in [9.17, 15) is 14.7 Å². The maximum atomic E-state index is 12.6. The molecule has 2 unspecified atom stereocenters. The van der Waals surface area contributed by atoms with E-state index in [1.807, 2.05) is 30.3 Å². The monoisotopic (exact) mass is 381 g/mol. The number of aliphatic carboxylic acids is 1. The Balaban J connectivity index is 1.39. The second-order valence-corrected chi connectivity index (χ2v) is 6.75. The van der Waals surface area contributed by atoms with Gasteiger partial charge in [-0.1, -0.05) is 35.5 Å². The molecule has 1 fully saturated rings. The molecule has 144 valence electrons. The first-order valence-electron chi connectivity index (χ1n) is 9.04. The van der Waals surface area contributed by atoms with Crippen molar-refractivity contribution in [1.29, 1.82) is 0 Å². The number of aryl methyl sites for hydroxylation is 1. The summed E-state index contributed by atoms with van der Waals surface area (Å²) in [5.41, 5.74) is 0.935. The molecule has 1 aliphatic heterocycles. The van der Waals surface area contributed by atoms with Crippen molar-refractivity contribution in [3.05, 3.63) is 60.2 Å². The number of hydrogen-bond donors (Lipinski definition) is 1. The minimum atomic E-state index is -0.885. The van der Waals surface area contributed by atoms with E-state index in [-0.39, 0.29) is 31.2 Å². The minimum Gasteiger partial charge on any atom is -0.481 e. The van der Waals surface area contributed by atoms with Crippen molar-refractivity contribution in [2.24, 2.45) is 5.92 Å². The van der Waals surface area contributed by atoms with Gasteiger partial charge in [-0.05, 0) is 17.7 Å². The highest BCUT2D eigenvalue weighted by atomic mass is 16.5. The zero-order valence-electron chi connectivity index (χ0n) is 15.0. The molecular formula is C20H19N3O5. The molecule has 28 heavy (non-hydrogen) atoms. The number of amides is 1. The van der Waals surface area contributed by atoms with Crippen LogP contribution < -0.4 is 0 Å². The number of likely N-dealkylation sites (tertiary alicyclic amines) is 1. The average molecular weight is 381 g/mol. The van der Waals surface area contributed by atoms with E-state index in [4.69, 9.17) is 8.94 Å². The SMILES string of the molecule is O=C(O)C1CN(C(=O)CCc2nc(-c3ccco3)no2)CC1c1ccccc1. The van der Waals surface area contributed by atoms with Crippen LogP contribution >= 0.6 is 0 Å². The maximum Gasteiger partial charge on any atom is 0.308 e. The first kappa shape index (κ1) is 18.0. The molecule has 4 rings (SSSR count). The van der Waals surface area contributed by atoms with Crippen molar-refractivity contribution in [1.82, 2.24) is 15.0 Å². The Hall–Kier alpha value is -3.42. The lowest BCUT2D eigenvalue weighted by Crippen LogP contribution is -2.30. The third-order valence-corrected chi connectivity index (χ3v) is 4.98. The Bertz CT molecular complexity index is 951. The first-order valence-corrected chi connectivity index (χ1v) is 9.04. The van der Waals surface area contributed by atoms with Gasteiger partial charge in [0.05, 0.1) is 12.2 Å². The predicted octanol–water partition coefficient (Wildman–Crippen LogP) is 2.59. The number of aromatic nitrogens is 2. The van der Waals surface area contributed by atoms with E-state index >= 15 is 0 Å². The molecular weight excluding hydrogens is 362 g/mol. The minimum absolute atomic E-state index is 0.123. The molecule has 1 aliphatic rings. The molecule has 0 radical (unpaired) electrons. The Morgan fingerprint density at radius 1 is 1.14 bits per heavy atom. The zero-order valence-corrected chi connectivity index (χ0v) is 15.0. The van der Waals surface area contributed by atoms with Gasteiger partial charge in [0.15, 0.2) is 5.76 Å². The van der Waals surface area contributed by atoms with Crippen LogP contribution in [-0.2, 0) is 16.0 Å². The van der Waals surface area contributed by atoms with Crippen LogP contribution in [0.5, 0.6) is 0 Å². The van der Waals surface area contributed by atoms with Gasteiger partial charge < -0.3 is 18.9 Å². The highest BCUT2D eigenvalue weighted by Gasteiger charge is 2.40. The molecule has 0 aliphatic carbocycles. The van der Waals surface area contributed by atoms with Crippen molar-refractivity contribution in [3.8, 4) is 11.6 Å². The van der Waals surface area contributed by atoms with Gasteiger partial charge in [-0.2, -0.15) is 4.98 Å². The van der Waals surface area contributed by atoms with Crippen LogP contribution in [0.3, 0.4) is 0 Å². The summed E-state index contributed by atoms with van der Waals surface area (Å²) in [5, 5.41) is 13.4. The van der Waals surface area contributed by atoms with E-state index in [0.29, 0.717) is 24.0 Å². The quantitative estimate of drug-likeness (QED) is 0.699. The number of benzene rings is 1. The maximum absolute atomic E-state index is 12.6. The number of carboxylic acids is 1. The summed E-state index contributed by atoms with van der Waals surface area (Å²) < 4.78 is 10.4. The Labute approximate surface area is 160 Å². The van der Waals surface area contributed by atoms with Crippen LogP contribution in [0.1, 0.15) is 23.8 Å². The van der Waals surface area contributed by atoms with Crippen LogP contribution in [0.2, 0.25) is 0 Å². The molecule has 3 heterocycles. The second kappa shape index (κ2) is 7.67. The Morgan fingerprint density at radius 2 is 1.96 bits per heavy atom. The molecule has 1 aromatic carbocycles. The summed E-state index contributed by atoms with van der Waals surface area (Å²) in [6.07, 6.45) is 1.98. The third kappa shape index (κ3) is 3.66. The molecule has 0 bridgehead atoms. The van der Waals surface area contributed by atoms with E-state index in [1.165, 1.54) is 6.26 Å². The van der Waals surface area contributed by atoms with Gasteiger partial charge in [0, 0.05) is 31.8 Å². The van der Waals surface area contributed by atoms with Gasteiger partial charge >= 0.3 is 5.97 Å². The van der Waals surface area contributed by atoms with Gasteiger partial charge in [0.25, 0.3) is 0 Å². The molecule has 3 aromatic rings. The topological polar surface area (TPSA) is 110 Å². The lowest BCUT2D eigenvalue weighted by atomic mass is 9.89. The molecule has 1 amide bonds. The van der Waals surface area contributed by atoms with Crippen LogP contribution in [0.25, 0.3) is 11.6 Å². The lowest BCUT2D eigenvalue weighted by Gasteiger charge is -2.16. The fourth-order valence-electron chi connectivity index (χ4n) is 3.53. The van der Waals surface area contributed by atoms with Gasteiger partial charge in [0.1, 0.15) is 0 Å². The Kier molecular flexibility index (Phi) is 4.92. The van der Waals surface area contributed by atoms with Crippen molar-refractivity contribution < 1.29 is 23.6 Å². The largest absolute Gasteiger partial charge is 0.481 e. The Morgan fingerprint density at radius 3 is 2.68 bits per heavy atom. The number of furan rings is 1. The molecule has 2 aromatic heterocycles. The molecule has 0 spiro atoms. The predicted molar refractivity (Wildman–Crippen MR) is 97.2 cm³/mol. The highest BCUT2D eigenvalue weighted by molar-refractivity contribution is 5.79. The summed E-state index contributed by atoms with van der Waals surface area (Å²) >= 11 is 0. The molecule has 2 atom stereocenters. The van der Waals surface area contributed by atoms with Crippen molar-refractivity contribution in [2.75, 3.05) is 13.1 Å². The summed E-state index contributed by atoms with van der Waals surface area (Å²) in [7, 11) is 0. The van der Waals surface area contributed by atoms with E-state index in [2.05, 4.69) is 10.1 Å². The van der Waals surface area contributed by atoms with Gasteiger partial charge in [-0.3, -0.25) is 9.59 Å². The summed E-state index contributed by atoms with van der Waals surface area (Å²) in [6, 6.07) is 12.9. The highest BCUT2D eigenvalue weighted by Crippen LogP contribution is 2.33. The number of carboxylic acid groups (broad SMARTS) is 1. The van der Waals surface area contributed by atoms with Crippen molar-refractivity contribution in [3.63, 3.8) is 0 Å². The van der Waals surface area contributed by atoms with Crippen molar-refractivity contribution >= 4 is 11.9 Å². The summed E-state index contributed by atoms with van der Waals surface area (Å²) in [5.74, 6) is -0.656. The number of nitrogens with zero attached hydrogens (tertiary/aromatic N) is 3. The summed E-state index contributed by atoms with van der Waals surface area (Å²) in [6.45, 7) is 0.594. The number of carbonyl (C=O) groups is 2. The fourth-order valence-corrected chi connectivity index (χ4v) is 3.53. The normalized spacial score (nSPS) is 19.1. The van der Waals surface area contributed by atoms with Crippen LogP contribution in [0.15, 0.2) is 57.7 Å². The lowest BCUT2D eigenvalue weighted by molar-refractivity contribution is -0.141. The molecule has 1 N–H and O–H groups in total. The third-order valence-electron chi connectivity index (χ3n) is 4.98. The number of carbonyl (C=O) groups excluding carboxylic acids is 1. The van der Waals surface area contributed by atoms with Crippen LogP contribution in [0, 0.1) is 5.92 Å². The van der Waals surface area contributed by atoms with Crippen molar-refractivity contribution in [2.45, 2.75) is 18.8 Å². The van der Waals surface area contributed by atoms with E-state index in [0.717, 1.165) is 5.56 Å². The van der Waals surface area contributed by atoms with E-state index < -0.39 is 11.9 Å². The average Bonchev–Trinajstić information content (AvgIpc) is 3.46. The fraction of sp³-hybridized carbons (Fsp3) is 0.300. The van der Waals surface area contributed by atoms with E-state index in [1.54, 1.807) is 17.0 Å². The summed E-state index contributed by atoms with van der Waals surface area (Å²) in [4.78, 5) is 30.1. The van der Waals surface area contributed by atoms with Gasteiger partial charge in [0.2, 0.25) is 17.6 Å². The first-order chi connectivity index (χ1) is 13.6. The van der Waals surface area contributed by atoms with Gasteiger partial charge in [-0.15, -0.1) is 0 Å². The second-order valence-electron chi connectivity index (χ2n) is 6.75. The van der Waals surface area contributed by atoms with Crippen LogP contribution in [0.4, 0.5) is 0 Å². The smallest absolute Gasteiger partial charge is 0.308 e. The van der Waals surface area contributed by atoms with Gasteiger partial charge in [-0.25, -0.2) is 0 Å². The molecule has 1 saturated heterocycles. The van der Waals surface area contributed by atoms with Crippen LogP contribution in [-0.4, -0.2) is 45.1 Å².